The van der Waals surface area contributed by atoms with E-state index in [0.717, 1.165) is 24.8 Å². The molecule has 0 aliphatic carbocycles. The monoisotopic (exact) mass is 255 g/mol. The van der Waals surface area contributed by atoms with Crippen molar-refractivity contribution in [2.75, 3.05) is 0 Å². The minimum absolute atomic E-state index is 0.468. The molecule has 2 rings (SSSR count). The summed E-state index contributed by atoms with van der Waals surface area (Å²) in [6, 6.07) is 17.7. The Morgan fingerprint density at radius 1 is 0.947 bits per heavy atom. The predicted molar refractivity (Wildman–Crippen MR) is 74.2 cm³/mol. The van der Waals surface area contributed by atoms with Crippen molar-refractivity contribution in [3.05, 3.63) is 71.3 Å². The zero-order chi connectivity index (χ0) is 13.5. The number of amides is 1. The topological polar surface area (TPSA) is 49.3 Å². The van der Waals surface area contributed by atoms with E-state index in [-0.39, 0.29) is 0 Å². The van der Waals surface area contributed by atoms with E-state index in [0.29, 0.717) is 5.56 Å². The average Bonchev–Trinajstić information content (AvgIpc) is 2.48. The minimum atomic E-state index is -0.468. The van der Waals surface area contributed by atoms with Gasteiger partial charge in [-0.15, -0.1) is 0 Å². The Bertz CT molecular complexity index is 537. The van der Waals surface area contributed by atoms with Crippen molar-refractivity contribution in [1.82, 2.24) is 5.48 Å². The van der Waals surface area contributed by atoms with Gasteiger partial charge in [0.25, 0.3) is 5.91 Å². The van der Waals surface area contributed by atoms with Crippen LogP contribution in [0.2, 0.25) is 0 Å². The molecule has 2 N–H and O–H groups in total. The summed E-state index contributed by atoms with van der Waals surface area (Å²) in [4.78, 5) is 11.3. The van der Waals surface area contributed by atoms with Crippen molar-refractivity contribution in [1.29, 1.82) is 0 Å². The fraction of sp³-hybridized carbons (Fsp3) is 0.188. The zero-order valence-corrected chi connectivity index (χ0v) is 10.7. The number of carbonyl (C=O) groups is 1. The molecule has 0 spiro atoms. The molecular weight excluding hydrogens is 238 g/mol. The molecule has 0 heterocycles. The van der Waals surface area contributed by atoms with Crippen molar-refractivity contribution in [3.8, 4) is 0 Å². The van der Waals surface area contributed by atoms with Gasteiger partial charge in [-0.3, -0.25) is 10.0 Å². The maximum absolute atomic E-state index is 11.3. The van der Waals surface area contributed by atoms with Crippen LogP contribution in [-0.2, 0) is 12.8 Å². The van der Waals surface area contributed by atoms with Crippen molar-refractivity contribution in [3.63, 3.8) is 0 Å². The summed E-state index contributed by atoms with van der Waals surface area (Å²) in [5, 5.41) is 8.60. The first kappa shape index (κ1) is 13.3. The lowest BCUT2D eigenvalue weighted by Crippen LogP contribution is -2.18. The Kier molecular flexibility index (Phi) is 4.70. The molecule has 0 fully saturated rings. The van der Waals surface area contributed by atoms with E-state index >= 15 is 0 Å². The molecule has 0 saturated carbocycles. The largest absolute Gasteiger partial charge is 0.288 e. The maximum atomic E-state index is 11.3. The molecule has 0 aliphatic rings. The quantitative estimate of drug-likeness (QED) is 0.637. The van der Waals surface area contributed by atoms with Crippen molar-refractivity contribution in [2.24, 2.45) is 0 Å². The van der Waals surface area contributed by atoms with Gasteiger partial charge in [0.2, 0.25) is 0 Å². The third-order valence-electron chi connectivity index (χ3n) is 3.06. The highest BCUT2D eigenvalue weighted by molar-refractivity contribution is 5.93. The van der Waals surface area contributed by atoms with Crippen molar-refractivity contribution >= 4 is 5.91 Å². The van der Waals surface area contributed by atoms with Crippen molar-refractivity contribution in [2.45, 2.75) is 19.3 Å². The van der Waals surface area contributed by atoms with Gasteiger partial charge in [-0.2, -0.15) is 0 Å². The summed E-state index contributed by atoms with van der Waals surface area (Å²) in [7, 11) is 0. The summed E-state index contributed by atoms with van der Waals surface area (Å²) in [5.41, 5.74) is 4.57. The smallest absolute Gasteiger partial charge is 0.274 e. The summed E-state index contributed by atoms with van der Waals surface area (Å²) >= 11 is 0. The molecule has 3 nitrogen and oxygen atoms in total. The molecule has 2 aromatic carbocycles. The van der Waals surface area contributed by atoms with Crippen LogP contribution in [-0.4, -0.2) is 11.1 Å². The van der Waals surface area contributed by atoms with Crippen LogP contribution >= 0.6 is 0 Å². The molecule has 98 valence electrons. The Morgan fingerprint density at radius 3 is 2.37 bits per heavy atom. The van der Waals surface area contributed by atoms with Gasteiger partial charge < -0.3 is 0 Å². The molecule has 0 bridgehead atoms. The molecule has 0 saturated heterocycles. The average molecular weight is 255 g/mol. The molecule has 2 aromatic rings. The van der Waals surface area contributed by atoms with Crippen molar-refractivity contribution < 1.29 is 10.0 Å². The molecular formula is C16H17NO2. The highest BCUT2D eigenvalue weighted by Crippen LogP contribution is 2.10. The highest BCUT2D eigenvalue weighted by Gasteiger charge is 2.04. The van der Waals surface area contributed by atoms with Gasteiger partial charge in [0.15, 0.2) is 0 Å². The molecule has 0 radical (unpaired) electrons. The molecule has 0 unspecified atom stereocenters. The first-order valence-corrected chi connectivity index (χ1v) is 6.37. The lowest BCUT2D eigenvalue weighted by atomic mass is 10.0. The van der Waals surface area contributed by atoms with Gasteiger partial charge in [-0.25, -0.2) is 5.48 Å². The number of hydroxylamine groups is 1. The van der Waals surface area contributed by atoms with Gasteiger partial charge in [-0.1, -0.05) is 42.5 Å². The van der Waals surface area contributed by atoms with E-state index in [2.05, 4.69) is 12.1 Å². The second-order valence-electron chi connectivity index (χ2n) is 4.48. The first-order chi connectivity index (χ1) is 9.29. The lowest BCUT2D eigenvalue weighted by molar-refractivity contribution is 0.0706. The number of nitrogens with one attached hydrogen (secondary N) is 1. The number of benzene rings is 2. The van der Waals surface area contributed by atoms with E-state index in [9.17, 15) is 4.79 Å². The van der Waals surface area contributed by atoms with Crippen LogP contribution in [0.4, 0.5) is 0 Å². The molecule has 3 heteroatoms. The second-order valence-corrected chi connectivity index (χ2v) is 4.48. The Balaban J connectivity index is 1.91. The molecule has 19 heavy (non-hydrogen) atoms. The fourth-order valence-corrected chi connectivity index (χ4v) is 2.07. The van der Waals surface area contributed by atoms with Crippen LogP contribution in [0.3, 0.4) is 0 Å². The number of aryl methyl sites for hydroxylation is 2. The highest BCUT2D eigenvalue weighted by atomic mass is 16.5. The molecule has 0 atom stereocenters. The van der Waals surface area contributed by atoms with Gasteiger partial charge in [-0.05, 0) is 42.5 Å². The normalized spacial score (nSPS) is 10.2. The Morgan fingerprint density at radius 2 is 1.63 bits per heavy atom. The SMILES string of the molecule is O=C(NO)c1cccc(CCCc2ccccc2)c1. The number of rotatable bonds is 5. The van der Waals surface area contributed by atoms with Crippen LogP contribution in [0, 0.1) is 0 Å². The van der Waals surface area contributed by atoms with Crippen LogP contribution in [0.25, 0.3) is 0 Å². The fourth-order valence-electron chi connectivity index (χ4n) is 2.07. The second kappa shape index (κ2) is 6.71. The number of hydrogen-bond acceptors (Lipinski definition) is 2. The third-order valence-corrected chi connectivity index (χ3v) is 3.06. The van der Waals surface area contributed by atoms with E-state index in [1.54, 1.807) is 11.5 Å². The summed E-state index contributed by atoms with van der Waals surface area (Å²) in [6.07, 6.45) is 2.98. The summed E-state index contributed by atoms with van der Waals surface area (Å²) < 4.78 is 0. The predicted octanol–water partition coefficient (Wildman–Crippen LogP) is 2.98. The van der Waals surface area contributed by atoms with Crippen LogP contribution in [0.5, 0.6) is 0 Å². The van der Waals surface area contributed by atoms with Gasteiger partial charge in [0, 0.05) is 5.56 Å². The van der Waals surface area contributed by atoms with E-state index < -0.39 is 5.91 Å². The van der Waals surface area contributed by atoms with E-state index in [1.165, 1.54) is 5.56 Å². The maximum Gasteiger partial charge on any atom is 0.274 e. The van der Waals surface area contributed by atoms with Gasteiger partial charge in [0.05, 0.1) is 0 Å². The van der Waals surface area contributed by atoms with Gasteiger partial charge >= 0.3 is 0 Å². The van der Waals surface area contributed by atoms with Crippen LogP contribution in [0.15, 0.2) is 54.6 Å². The number of hydrogen-bond donors (Lipinski definition) is 2. The first-order valence-electron chi connectivity index (χ1n) is 6.37. The Labute approximate surface area is 112 Å². The van der Waals surface area contributed by atoms with Gasteiger partial charge in [0.1, 0.15) is 0 Å². The number of carbonyl (C=O) groups excluding carboxylic acids is 1. The third kappa shape index (κ3) is 3.93. The lowest BCUT2D eigenvalue weighted by Gasteiger charge is -2.04. The summed E-state index contributed by atoms with van der Waals surface area (Å²) in [5.74, 6) is -0.468. The van der Waals surface area contributed by atoms with E-state index in [4.69, 9.17) is 5.21 Å². The minimum Gasteiger partial charge on any atom is -0.288 e. The van der Waals surface area contributed by atoms with Crippen LogP contribution in [0.1, 0.15) is 27.9 Å². The van der Waals surface area contributed by atoms with Crippen LogP contribution < -0.4 is 5.48 Å². The van der Waals surface area contributed by atoms with E-state index in [1.807, 2.05) is 36.4 Å². The zero-order valence-electron chi connectivity index (χ0n) is 10.7. The summed E-state index contributed by atoms with van der Waals surface area (Å²) in [6.45, 7) is 0. The molecule has 0 aromatic heterocycles. The Hall–Kier alpha value is -2.13. The standard InChI is InChI=1S/C16H17NO2/c18-16(17-19)15-11-5-10-14(12-15)9-4-8-13-6-2-1-3-7-13/h1-3,5-7,10-12,19H,4,8-9H2,(H,17,18). The molecule has 0 aliphatic heterocycles. The molecule has 1 amide bonds.